The van der Waals surface area contributed by atoms with Crippen LogP contribution in [0.15, 0.2) is 342 Å². The van der Waals surface area contributed by atoms with Gasteiger partial charge in [-0.25, -0.2) is 0 Å². The van der Waals surface area contributed by atoms with Crippen molar-refractivity contribution in [3.05, 3.63) is 334 Å². The molecule has 0 fully saturated rings. The number of aromatic nitrogens is 1. The fourth-order valence-corrected chi connectivity index (χ4v) is 17.7. The smallest absolute Gasteiger partial charge is 0.137 e. The zero-order valence-corrected chi connectivity index (χ0v) is 53.9. The van der Waals surface area contributed by atoms with Crippen LogP contribution in [0.3, 0.4) is 0 Å². The van der Waals surface area contributed by atoms with Gasteiger partial charge in [0.2, 0.25) is 0 Å². The van der Waals surface area contributed by atoms with Crippen molar-refractivity contribution in [3.63, 3.8) is 0 Å². The molecule has 0 aliphatic heterocycles. The Morgan fingerprint density at radius 1 is 0.237 bits per heavy atom. The number of hydrogen-bond donors (Lipinski definition) is 0. The molecule has 5 nitrogen and oxygen atoms in total. The third kappa shape index (κ3) is 8.97. The van der Waals surface area contributed by atoms with Crippen LogP contribution in [0.2, 0.25) is 0 Å². The van der Waals surface area contributed by atoms with Gasteiger partial charge in [-0.1, -0.05) is 182 Å². The van der Waals surface area contributed by atoms with E-state index in [0.717, 1.165) is 139 Å². The predicted octanol–water partition coefficient (Wildman–Crippen LogP) is 26.9. The third-order valence-corrected chi connectivity index (χ3v) is 21.9. The van der Waals surface area contributed by atoms with E-state index < -0.39 is 0 Å². The molecule has 0 spiro atoms. The summed E-state index contributed by atoms with van der Waals surface area (Å²) < 4.78 is 21.7. The predicted molar refractivity (Wildman–Crippen MR) is 412 cm³/mol. The van der Waals surface area contributed by atoms with Gasteiger partial charge in [0.05, 0.1) is 11.0 Å². The number of anilines is 6. The molecule has 0 atom stereocenters. The normalized spacial score (nSPS) is 11.9. The monoisotopic (exact) mass is 1270 g/mol. The van der Waals surface area contributed by atoms with Gasteiger partial charge < -0.3 is 23.2 Å². The van der Waals surface area contributed by atoms with Gasteiger partial charge in [-0.15, -0.1) is 22.7 Å². The van der Waals surface area contributed by atoms with E-state index in [1.54, 1.807) is 0 Å². The first kappa shape index (κ1) is 55.2. The first-order chi connectivity index (χ1) is 48.1. The van der Waals surface area contributed by atoms with Gasteiger partial charge in [-0.05, 0) is 178 Å². The summed E-state index contributed by atoms with van der Waals surface area (Å²) in [4.78, 5) is 4.58. The number of para-hydroxylation sites is 4. The Bertz CT molecular complexity index is 6350. The number of thiophene rings is 2. The fraction of sp³-hybridized carbons (Fsp3) is 0. The summed E-state index contributed by atoms with van der Waals surface area (Å²) in [6, 6.07) is 121. The summed E-state index contributed by atoms with van der Waals surface area (Å²) in [5.74, 6) is 0. The molecule has 0 N–H and O–H groups in total. The van der Waals surface area contributed by atoms with Crippen molar-refractivity contribution in [2.75, 3.05) is 9.80 Å². The lowest BCUT2D eigenvalue weighted by atomic mass is 9.94. The van der Waals surface area contributed by atoms with Crippen molar-refractivity contribution in [2.24, 2.45) is 0 Å². The molecule has 0 saturated carbocycles. The molecule has 0 bridgehead atoms. The van der Waals surface area contributed by atoms with E-state index in [1.807, 2.05) is 22.7 Å². The van der Waals surface area contributed by atoms with Gasteiger partial charge in [0, 0.05) is 130 Å². The quantitative estimate of drug-likeness (QED) is 0.129. The molecule has 5 heterocycles. The number of hydrogen-bond acceptors (Lipinski definition) is 6. The lowest BCUT2D eigenvalue weighted by molar-refractivity contribution is 0.668. The first-order valence-electron chi connectivity index (χ1n) is 32.9. The van der Waals surface area contributed by atoms with Crippen LogP contribution in [0.5, 0.6) is 0 Å². The Morgan fingerprint density at radius 3 is 1.10 bits per heavy atom. The molecule has 0 radical (unpaired) electrons. The zero-order valence-electron chi connectivity index (χ0n) is 52.2. The second-order valence-corrected chi connectivity index (χ2v) is 27.2. The molecule has 7 heteroatoms. The van der Waals surface area contributed by atoms with E-state index in [0.29, 0.717) is 0 Å². The minimum atomic E-state index is 0.834. The minimum absolute atomic E-state index is 0.834. The molecule has 0 unspecified atom stereocenters. The van der Waals surface area contributed by atoms with Crippen molar-refractivity contribution in [1.29, 1.82) is 0 Å². The Hall–Kier alpha value is -12.3. The molecule has 0 saturated heterocycles. The van der Waals surface area contributed by atoms with Crippen LogP contribution >= 0.6 is 22.7 Å². The highest BCUT2D eigenvalue weighted by Crippen LogP contribution is 2.54. The topological polar surface area (TPSA) is 37.7 Å². The van der Waals surface area contributed by atoms with E-state index in [-0.39, 0.29) is 0 Å². The average molecular weight is 1270 g/mol. The molecule has 0 aliphatic carbocycles. The molecule has 15 aromatic carbocycles. The first-order valence-corrected chi connectivity index (χ1v) is 34.5. The van der Waals surface area contributed by atoms with Crippen LogP contribution < -0.4 is 9.80 Å². The van der Waals surface area contributed by atoms with Crippen molar-refractivity contribution in [1.82, 2.24) is 4.57 Å². The molecule has 454 valence electrons. The number of nitrogens with zero attached hydrogens (tertiary/aromatic N) is 3. The lowest BCUT2D eigenvalue weighted by Crippen LogP contribution is -2.09. The van der Waals surface area contributed by atoms with Crippen LogP contribution in [0.25, 0.3) is 156 Å². The number of benzene rings is 15. The van der Waals surface area contributed by atoms with Crippen LogP contribution in [0.4, 0.5) is 34.1 Å². The average Bonchev–Trinajstić information content (AvgIpc) is 1.53. The Labute approximate surface area is 566 Å². The Kier molecular flexibility index (Phi) is 12.6. The van der Waals surface area contributed by atoms with Crippen molar-refractivity contribution >= 4 is 163 Å². The molecule has 97 heavy (non-hydrogen) atoms. The van der Waals surface area contributed by atoms with Gasteiger partial charge in [0.1, 0.15) is 22.3 Å². The summed E-state index contributed by atoms with van der Waals surface area (Å²) >= 11 is 3.78. The highest BCUT2D eigenvalue weighted by Gasteiger charge is 2.28. The molecule has 5 aromatic heterocycles. The second-order valence-electron chi connectivity index (χ2n) is 25.1. The highest BCUT2D eigenvalue weighted by molar-refractivity contribution is 7.27. The summed E-state index contributed by atoms with van der Waals surface area (Å²) in [5, 5.41) is 11.7. The maximum absolute atomic E-state index is 7.09. The van der Waals surface area contributed by atoms with E-state index in [9.17, 15) is 0 Å². The van der Waals surface area contributed by atoms with Gasteiger partial charge in [-0.2, -0.15) is 0 Å². The Morgan fingerprint density at radius 2 is 0.619 bits per heavy atom. The van der Waals surface area contributed by atoms with Crippen molar-refractivity contribution in [2.45, 2.75) is 0 Å². The summed E-state index contributed by atoms with van der Waals surface area (Å²) in [7, 11) is 0. The molecular formula is C90H55N3O2S2. The molecular weight excluding hydrogens is 1220 g/mol. The third-order valence-electron chi connectivity index (χ3n) is 19.5. The molecule has 0 aliphatic rings. The molecule has 0 amide bonds. The van der Waals surface area contributed by atoms with Gasteiger partial charge in [0.25, 0.3) is 0 Å². The number of furan rings is 2. The van der Waals surface area contributed by atoms with Gasteiger partial charge in [0.15, 0.2) is 0 Å². The van der Waals surface area contributed by atoms with Crippen molar-refractivity contribution in [3.8, 4) is 50.2 Å². The lowest BCUT2D eigenvalue weighted by Gasteiger charge is -2.25. The zero-order chi connectivity index (χ0) is 63.7. The van der Waals surface area contributed by atoms with Gasteiger partial charge in [-0.3, -0.25) is 0 Å². The highest BCUT2D eigenvalue weighted by atomic mass is 32.1. The van der Waals surface area contributed by atoms with Crippen LogP contribution in [0.1, 0.15) is 0 Å². The number of rotatable bonds is 11. The van der Waals surface area contributed by atoms with Crippen LogP contribution in [-0.4, -0.2) is 4.57 Å². The van der Waals surface area contributed by atoms with E-state index >= 15 is 0 Å². The molecule has 20 aromatic rings. The Balaban J connectivity index is 0.852. The van der Waals surface area contributed by atoms with Crippen LogP contribution in [0, 0.1) is 0 Å². The fourth-order valence-electron chi connectivity index (χ4n) is 15.2. The largest absolute Gasteiger partial charge is 0.456 e. The summed E-state index contributed by atoms with van der Waals surface area (Å²) in [5.41, 5.74) is 22.1. The van der Waals surface area contributed by atoms with Gasteiger partial charge >= 0.3 is 0 Å². The SMILES string of the molecule is c1ccc(-c2cc(-c3ccccc3)cc(-n3c4cc(-c5ccc6c(c5)oc5cc(N(c7ccccc7)c7ccccc7)ccc56)c5c6ccccc6sc5c4c4c5c(sc6ccccc65)c(-c5ccc6c(c5)oc5cc(N(c7ccccc7)c7ccccc7)ccc56)cc43)c2)cc1. The summed E-state index contributed by atoms with van der Waals surface area (Å²) in [6.45, 7) is 0. The van der Waals surface area contributed by atoms with E-state index in [2.05, 4.69) is 348 Å². The van der Waals surface area contributed by atoms with Crippen LogP contribution in [-0.2, 0) is 0 Å². The maximum atomic E-state index is 7.09. The van der Waals surface area contributed by atoms with E-state index in [1.165, 1.54) is 51.1 Å². The second kappa shape index (κ2) is 22.2. The maximum Gasteiger partial charge on any atom is 0.137 e. The summed E-state index contributed by atoms with van der Waals surface area (Å²) in [6.07, 6.45) is 0. The minimum Gasteiger partial charge on any atom is -0.456 e. The molecule has 20 rings (SSSR count). The standard InChI is InChI=1S/C90H55N3O2S2/c1-7-23-56(24-8-1)60-47-61(57-25-9-2-10-26-57)49-68(48-60)93-77-55-76(59-40-44-70-72-46-42-67(53-82(72)95-80(70)51-59)92(64-31-15-5-16-32-64)65-33-17-6-18-34-65)89-86(74-36-20-22-38-84(74)96-89)87(77)88-78(93)54-75(85-73-35-19-21-37-83(73)97-90(85)88)58-39-43-69-71-45-41-66(52-81(71)94-79(69)50-58)91(62-27-11-3-12-28-62)63-29-13-4-14-30-63/h1-55H. The van der Waals surface area contributed by atoms with E-state index in [4.69, 9.17) is 8.83 Å². The van der Waals surface area contributed by atoms with Crippen molar-refractivity contribution < 1.29 is 8.83 Å². The number of fused-ring (bicyclic) bond motifs is 17.